The standard InChI is InChI=1S/C13H21NO/c1-3-8-14(9-10-15)11-13-7-5-4-6-12(13)2/h4-7,15H,3,8-11H2,1-2H3. The highest BCUT2D eigenvalue weighted by molar-refractivity contribution is 5.25. The Kier molecular flexibility index (Phi) is 5.37. The van der Waals surface area contributed by atoms with Crippen LogP contribution < -0.4 is 0 Å². The molecule has 0 spiro atoms. The first-order chi connectivity index (χ1) is 7.27. The van der Waals surface area contributed by atoms with Gasteiger partial charge in [-0.25, -0.2) is 0 Å². The van der Waals surface area contributed by atoms with Crippen LogP contribution in [-0.4, -0.2) is 29.7 Å². The molecule has 0 heterocycles. The third kappa shape index (κ3) is 4.02. The summed E-state index contributed by atoms with van der Waals surface area (Å²) in [6.07, 6.45) is 1.13. The summed E-state index contributed by atoms with van der Waals surface area (Å²) in [5.41, 5.74) is 2.69. The maximum Gasteiger partial charge on any atom is 0.0558 e. The molecule has 84 valence electrons. The quantitative estimate of drug-likeness (QED) is 0.773. The van der Waals surface area contributed by atoms with E-state index in [1.54, 1.807) is 0 Å². The maximum absolute atomic E-state index is 8.97. The minimum atomic E-state index is 0.242. The number of hydrogen-bond acceptors (Lipinski definition) is 2. The van der Waals surface area contributed by atoms with Crippen molar-refractivity contribution in [2.75, 3.05) is 19.7 Å². The fourth-order valence-corrected chi connectivity index (χ4v) is 1.76. The summed E-state index contributed by atoms with van der Waals surface area (Å²) in [6.45, 7) is 7.31. The molecule has 0 saturated heterocycles. The van der Waals surface area contributed by atoms with Crippen molar-refractivity contribution in [2.24, 2.45) is 0 Å². The zero-order chi connectivity index (χ0) is 11.1. The van der Waals surface area contributed by atoms with Crippen molar-refractivity contribution in [3.05, 3.63) is 35.4 Å². The molecule has 0 atom stereocenters. The zero-order valence-corrected chi connectivity index (χ0v) is 9.74. The fraction of sp³-hybridized carbons (Fsp3) is 0.538. The van der Waals surface area contributed by atoms with Gasteiger partial charge in [-0.3, -0.25) is 4.90 Å². The number of aliphatic hydroxyl groups excluding tert-OH is 1. The second-order valence-electron chi connectivity index (χ2n) is 3.93. The van der Waals surface area contributed by atoms with Gasteiger partial charge in [0.25, 0.3) is 0 Å². The third-order valence-corrected chi connectivity index (χ3v) is 2.61. The lowest BCUT2D eigenvalue weighted by Gasteiger charge is -2.21. The van der Waals surface area contributed by atoms with E-state index in [9.17, 15) is 0 Å². The second kappa shape index (κ2) is 6.59. The van der Waals surface area contributed by atoms with E-state index in [1.807, 2.05) is 0 Å². The molecule has 1 aromatic carbocycles. The lowest BCUT2D eigenvalue weighted by Crippen LogP contribution is -2.27. The van der Waals surface area contributed by atoms with Gasteiger partial charge in [0, 0.05) is 13.1 Å². The summed E-state index contributed by atoms with van der Waals surface area (Å²) >= 11 is 0. The van der Waals surface area contributed by atoms with Crippen molar-refractivity contribution < 1.29 is 5.11 Å². The molecular weight excluding hydrogens is 186 g/mol. The number of aliphatic hydroxyl groups is 1. The van der Waals surface area contributed by atoms with Crippen molar-refractivity contribution in [2.45, 2.75) is 26.8 Å². The van der Waals surface area contributed by atoms with E-state index in [2.05, 4.69) is 43.0 Å². The molecule has 0 aliphatic heterocycles. The number of benzene rings is 1. The molecule has 2 nitrogen and oxygen atoms in total. The number of hydrogen-bond donors (Lipinski definition) is 1. The van der Waals surface area contributed by atoms with Gasteiger partial charge in [-0.2, -0.15) is 0 Å². The van der Waals surface area contributed by atoms with Crippen LogP contribution in [-0.2, 0) is 6.54 Å². The largest absolute Gasteiger partial charge is 0.395 e. The maximum atomic E-state index is 8.97. The molecular formula is C13H21NO. The van der Waals surface area contributed by atoms with Gasteiger partial charge >= 0.3 is 0 Å². The first-order valence-electron chi connectivity index (χ1n) is 5.65. The molecule has 0 amide bonds. The summed E-state index contributed by atoms with van der Waals surface area (Å²) in [5, 5.41) is 8.97. The van der Waals surface area contributed by atoms with Crippen LogP contribution in [0.25, 0.3) is 0 Å². The molecule has 1 N–H and O–H groups in total. The summed E-state index contributed by atoms with van der Waals surface area (Å²) in [7, 11) is 0. The SMILES string of the molecule is CCCN(CCO)Cc1ccccc1C. The molecule has 0 saturated carbocycles. The van der Waals surface area contributed by atoms with Gasteiger partial charge in [-0.05, 0) is 31.0 Å². The van der Waals surface area contributed by atoms with Gasteiger partial charge < -0.3 is 5.11 Å². The van der Waals surface area contributed by atoms with Crippen LogP contribution in [0.5, 0.6) is 0 Å². The van der Waals surface area contributed by atoms with Crippen molar-refractivity contribution >= 4 is 0 Å². The molecule has 0 unspecified atom stereocenters. The van der Waals surface area contributed by atoms with Gasteiger partial charge in [0.05, 0.1) is 6.61 Å². The molecule has 0 fully saturated rings. The molecule has 0 radical (unpaired) electrons. The number of rotatable bonds is 6. The Morgan fingerprint density at radius 2 is 1.93 bits per heavy atom. The minimum absolute atomic E-state index is 0.242. The normalized spacial score (nSPS) is 10.9. The lowest BCUT2D eigenvalue weighted by molar-refractivity contribution is 0.190. The summed E-state index contributed by atoms with van der Waals surface area (Å²) in [5.74, 6) is 0. The van der Waals surface area contributed by atoms with Crippen LogP contribution in [0.3, 0.4) is 0 Å². The molecule has 1 rings (SSSR count). The van der Waals surface area contributed by atoms with Crippen molar-refractivity contribution in [1.82, 2.24) is 4.90 Å². The van der Waals surface area contributed by atoms with Crippen LogP contribution in [0, 0.1) is 6.92 Å². The topological polar surface area (TPSA) is 23.5 Å². The molecule has 15 heavy (non-hydrogen) atoms. The smallest absolute Gasteiger partial charge is 0.0558 e. The van der Waals surface area contributed by atoms with E-state index in [0.29, 0.717) is 0 Å². The Labute approximate surface area is 92.5 Å². The lowest BCUT2D eigenvalue weighted by atomic mass is 10.1. The number of aryl methyl sites for hydroxylation is 1. The average molecular weight is 207 g/mol. The van der Waals surface area contributed by atoms with Gasteiger partial charge in [-0.1, -0.05) is 31.2 Å². The molecule has 0 bridgehead atoms. The minimum Gasteiger partial charge on any atom is -0.395 e. The van der Waals surface area contributed by atoms with Gasteiger partial charge in [0.2, 0.25) is 0 Å². The van der Waals surface area contributed by atoms with Crippen LogP contribution >= 0.6 is 0 Å². The fourth-order valence-electron chi connectivity index (χ4n) is 1.76. The van der Waals surface area contributed by atoms with Crippen LogP contribution in [0.4, 0.5) is 0 Å². The van der Waals surface area contributed by atoms with Gasteiger partial charge in [0.1, 0.15) is 0 Å². The first-order valence-corrected chi connectivity index (χ1v) is 5.65. The highest BCUT2D eigenvalue weighted by Crippen LogP contribution is 2.10. The summed E-state index contributed by atoms with van der Waals surface area (Å²) in [4.78, 5) is 2.29. The molecule has 0 aliphatic rings. The summed E-state index contributed by atoms with van der Waals surface area (Å²) in [6, 6.07) is 8.44. The highest BCUT2D eigenvalue weighted by Gasteiger charge is 2.05. The van der Waals surface area contributed by atoms with E-state index < -0.39 is 0 Å². The van der Waals surface area contributed by atoms with Crippen LogP contribution in [0.15, 0.2) is 24.3 Å². The summed E-state index contributed by atoms with van der Waals surface area (Å²) < 4.78 is 0. The average Bonchev–Trinajstić information content (AvgIpc) is 2.22. The van der Waals surface area contributed by atoms with Crippen molar-refractivity contribution in [1.29, 1.82) is 0 Å². The van der Waals surface area contributed by atoms with E-state index in [4.69, 9.17) is 5.11 Å². The van der Waals surface area contributed by atoms with E-state index in [0.717, 1.165) is 26.1 Å². The molecule has 0 aliphatic carbocycles. The predicted octanol–water partition coefficient (Wildman–Crippen LogP) is 2.20. The Bertz CT molecular complexity index is 280. The Morgan fingerprint density at radius 3 is 2.53 bits per heavy atom. The van der Waals surface area contributed by atoms with Crippen LogP contribution in [0.1, 0.15) is 24.5 Å². The van der Waals surface area contributed by atoms with Gasteiger partial charge in [0.15, 0.2) is 0 Å². The third-order valence-electron chi connectivity index (χ3n) is 2.61. The Hall–Kier alpha value is -0.860. The predicted molar refractivity (Wildman–Crippen MR) is 63.8 cm³/mol. The van der Waals surface area contributed by atoms with E-state index in [-0.39, 0.29) is 6.61 Å². The van der Waals surface area contributed by atoms with Crippen LogP contribution in [0.2, 0.25) is 0 Å². The van der Waals surface area contributed by atoms with Gasteiger partial charge in [-0.15, -0.1) is 0 Å². The van der Waals surface area contributed by atoms with E-state index in [1.165, 1.54) is 11.1 Å². The molecule has 2 heteroatoms. The number of nitrogens with zero attached hydrogens (tertiary/aromatic N) is 1. The second-order valence-corrected chi connectivity index (χ2v) is 3.93. The highest BCUT2D eigenvalue weighted by atomic mass is 16.3. The molecule has 0 aromatic heterocycles. The Balaban J connectivity index is 2.60. The zero-order valence-electron chi connectivity index (χ0n) is 9.74. The molecule has 1 aromatic rings. The van der Waals surface area contributed by atoms with Crippen molar-refractivity contribution in [3.63, 3.8) is 0 Å². The monoisotopic (exact) mass is 207 g/mol. The first kappa shape index (κ1) is 12.2. The Morgan fingerprint density at radius 1 is 1.20 bits per heavy atom. The van der Waals surface area contributed by atoms with Crippen molar-refractivity contribution in [3.8, 4) is 0 Å². The van der Waals surface area contributed by atoms with E-state index >= 15 is 0 Å².